The molecule has 0 aromatic heterocycles. The minimum atomic E-state index is 0.884. The summed E-state index contributed by atoms with van der Waals surface area (Å²) in [5, 5.41) is 0. The van der Waals surface area contributed by atoms with Crippen molar-refractivity contribution in [1.82, 2.24) is 0 Å². The van der Waals surface area contributed by atoms with Crippen LogP contribution in [0.25, 0.3) is 11.1 Å². The van der Waals surface area contributed by atoms with Crippen LogP contribution in [0.2, 0.25) is 0 Å². The normalized spacial score (nSPS) is 10.2. The van der Waals surface area contributed by atoms with Crippen molar-refractivity contribution in [2.75, 3.05) is 7.11 Å². The van der Waals surface area contributed by atoms with Crippen LogP contribution in [0, 0.1) is 6.92 Å². The van der Waals surface area contributed by atoms with E-state index in [1.165, 1.54) is 16.7 Å². The summed E-state index contributed by atoms with van der Waals surface area (Å²) >= 11 is 3.51. The number of halogens is 1. The lowest BCUT2D eigenvalue weighted by Crippen LogP contribution is -1.84. The largest absolute Gasteiger partial charge is 0.497 e. The van der Waals surface area contributed by atoms with E-state index in [4.69, 9.17) is 4.74 Å². The molecule has 0 heterocycles. The average Bonchev–Trinajstić information content (AvgIpc) is 2.28. The van der Waals surface area contributed by atoms with Gasteiger partial charge in [0.2, 0.25) is 0 Å². The lowest BCUT2D eigenvalue weighted by molar-refractivity contribution is 0.415. The molecule has 1 nitrogen and oxygen atoms in total. The molecular weight excluding hydrogens is 264 g/mol. The molecule has 0 aliphatic heterocycles. The highest BCUT2D eigenvalue weighted by Crippen LogP contribution is 2.27. The molecule has 2 aromatic rings. The van der Waals surface area contributed by atoms with E-state index in [9.17, 15) is 0 Å². The highest BCUT2D eigenvalue weighted by Gasteiger charge is 2.01. The maximum absolute atomic E-state index is 5.23. The van der Waals surface area contributed by atoms with Gasteiger partial charge < -0.3 is 4.74 Å². The van der Waals surface area contributed by atoms with Gasteiger partial charge in [-0.1, -0.05) is 34.1 Å². The maximum Gasteiger partial charge on any atom is 0.119 e. The first-order chi connectivity index (χ1) is 7.69. The van der Waals surface area contributed by atoms with Crippen LogP contribution in [-0.2, 0) is 0 Å². The minimum Gasteiger partial charge on any atom is -0.497 e. The van der Waals surface area contributed by atoms with Crippen molar-refractivity contribution in [3.63, 3.8) is 0 Å². The smallest absolute Gasteiger partial charge is 0.119 e. The Morgan fingerprint density at radius 2 is 1.81 bits per heavy atom. The summed E-state index contributed by atoms with van der Waals surface area (Å²) < 4.78 is 6.33. The fourth-order valence-corrected chi connectivity index (χ4v) is 2.31. The van der Waals surface area contributed by atoms with Crippen molar-refractivity contribution < 1.29 is 4.74 Å². The Labute approximate surface area is 104 Å². The van der Waals surface area contributed by atoms with Crippen LogP contribution in [0.4, 0.5) is 0 Å². The van der Waals surface area contributed by atoms with Gasteiger partial charge in [0.1, 0.15) is 5.75 Å². The first-order valence-corrected chi connectivity index (χ1v) is 5.90. The number of benzene rings is 2. The Hall–Kier alpha value is -1.28. The Morgan fingerprint density at radius 1 is 1.00 bits per heavy atom. The van der Waals surface area contributed by atoms with Gasteiger partial charge in [-0.15, -0.1) is 0 Å². The van der Waals surface area contributed by atoms with Gasteiger partial charge in [0, 0.05) is 4.47 Å². The summed E-state index contributed by atoms with van der Waals surface area (Å²) in [4.78, 5) is 0. The number of methoxy groups -OCH3 is 1. The molecule has 0 aliphatic rings. The van der Waals surface area contributed by atoms with Gasteiger partial charge in [0.25, 0.3) is 0 Å². The van der Waals surface area contributed by atoms with Crippen molar-refractivity contribution in [1.29, 1.82) is 0 Å². The summed E-state index contributed by atoms with van der Waals surface area (Å²) in [6.45, 7) is 2.09. The summed E-state index contributed by atoms with van der Waals surface area (Å²) in [6.07, 6.45) is 0. The first kappa shape index (κ1) is 11.2. The van der Waals surface area contributed by atoms with Crippen molar-refractivity contribution in [3.8, 4) is 16.9 Å². The van der Waals surface area contributed by atoms with Crippen LogP contribution < -0.4 is 4.74 Å². The third-order valence-electron chi connectivity index (χ3n) is 2.45. The Kier molecular flexibility index (Phi) is 3.30. The summed E-state index contributed by atoms with van der Waals surface area (Å²) in [5.41, 5.74) is 3.61. The first-order valence-electron chi connectivity index (χ1n) is 5.10. The SMILES string of the molecule is COc1cccc(-c2cc(C)cc(Br)c2)c1. The van der Waals surface area contributed by atoms with Crippen molar-refractivity contribution >= 4 is 15.9 Å². The number of rotatable bonds is 2. The zero-order valence-corrected chi connectivity index (χ0v) is 10.9. The van der Waals surface area contributed by atoms with E-state index >= 15 is 0 Å². The molecule has 0 amide bonds. The predicted octanol–water partition coefficient (Wildman–Crippen LogP) is 4.43. The Morgan fingerprint density at radius 3 is 2.50 bits per heavy atom. The maximum atomic E-state index is 5.23. The molecule has 0 saturated heterocycles. The molecular formula is C14H13BrO. The summed E-state index contributed by atoms with van der Waals surface area (Å²) in [6, 6.07) is 14.5. The number of hydrogen-bond donors (Lipinski definition) is 0. The van der Waals surface area contributed by atoms with Gasteiger partial charge in [-0.25, -0.2) is 0 Å². The third kappa shape index (κ3) is 2.45. The van der Waals surface area contributed by atoms with E-state index in [1.54, 1.807) is 7.11 Å². The van der Waals surface area contributed by atoms with Gasteiger partial charge >= 0.3 is 0 Å². The molecule has 0 aliphatic carbocycles. The van der Waals surface area contributed by atoms with E-state index in [2.05, 4.69) is 47.1 Å². The van der Waals surface area contributed by atoms with Crippen molar-refractivity contribution in [2.45, 2.75) is 6.92 Å². The van der Waals surface area contributed by atoms with Gasteiger partial charge in [-0.2, -0.15) is 0 Å². The number of ether oxygens (including phenoxy) is 1. The summed E-state index contributed by atoms with van der Waals surface area (Å²) in [7, 11) is 1.69. The fraction of sp³-hybridized carbons (Fsp3) is 0.143. The lowest BCUT2D eigenvalue weighted by Gasteiger charge is -2.06. The fourth-order valence-electron chi connectivity index (χ4n) is 1.71. The van der Waals surface area contributed by atoms with E-state index in [0.717, 1.165) is 10.2 Å². The standard InChI is InChI=1S/C14H13BrO/c1-10-6-12(8-13(15)7-10)11-4-3-5-14(9-11)16-2/h3-9H,1-2H3. The van der Waals surface area contributed by atoms with Crippen molar-refractivity contribution in [2.24, 2.45) is 0 Å². The molecule has 0 N–H and O–H groups in total. The molecule has 2 heteroatoms. The molecule has 2 aromatic carbocycles. The van der Waals surface area contributed by atoms with E-state index in [1.807, 2.05) is 18.2 Å². The second-order valence-corrected chi connectivity index (χ2v) is 4.66. The second kappa shape index (κ2) is 4.71. The monoisotopic (exact) mass is 276 g/mol. The molecule has 2 rings (SSSR count). The number of aryl methyl sites for hydroxylation is 1. The zero-order valence-electron chi connectivity index (χ0n) is 9.33. The number of hydrogen-bond acceptors (Lipinski definition) is 1. The zero-order chi connectivity index (χ0) is 11.5. The second-order valence-electron chi connectivity index (χ2n) is 3.75. The Bertz CT molecular complexity index is 486. The highest BCUT2D eigenvalue weighted by atomic mass is 79.9. The summed E-state index contributed by atoms with van der Waals surface area (Å²) in [5.74, 6) is 0.884. The van der Waals surface area contributed by atoms with Crippen LogP contribution in [0.5, 0.6) is 5.75 Å². The van der Waals surface area contributed by atoms with Crippen LogP contribution in [0.3, 0.4) is 0 Å². The molecule has 0 fully saturated rings. The molecule has 0 radical (unpaired) electrons. The minimum absolute atomic E-state index is 0.884. The molecule has 0 saturated carbocycles. The van der Waals surface area contributed by atoms with Gasteiger partial charge in [-0.3, -0.25) is 0 Å². The molecule has 82 valence electrons. The molecule has 16 heavy (non-hydrogen) atoms. The molecule has 0 bridgehead atoms. The van der Waals surface area contributed by atoms with Crippen LogP contribution in [0.15, 0.2) is 46.9 Å². The lowest BCUT2D eigenvalue weighted by atomic mass is 10.0. The van der Waals surface area contributed by atoms with Crippen LogP contribution in [-0.4, -0.2) is 7.11 Å². The average molecular weight is 277 g/mol. The van der Waals surface area contributed by atoms with Crippen LogP contribution in [0.1, 0.15) is 5.56 Å². The molecule has 0 atom stereocenters. The highest BCUT2D eigenvalue weighted by molar-refractivity contribution is 9.10. The molecule has 0 unspecified atom stereocenters. The predicted molar refractivity (Wildman–Crippen MR) is 70.9 cm³/mol. The van der Waals surface area contributed by atoms with Crippen molar-refractivity contribution in [3.05, 3.63) is 52.5 Å². The quantitative estimate of drug-likeness (QED) is 0.788. The van der Waals surface area contributed by atoms with E-state index in [-0.39, 0.29) is 0 Å². The van der Waals surface area contributed by atoms with Gasteiger partial charge in [-0.05, 0) is 47.9 Å². The third-order valence-corrected chi connectivity index (χ3v) is 2.90. The van der Waals surface area contributed by atoms with Crippen LogP contribution >= 0.6 is 15.9 Å². The topological polar surface area (TPSA) is 9.23 Å². The van der Waals surface area contributed by atoms with Gasteiger partial charge in [0.15, 0.2) is 0 Å². The molecule has 0 spiro atoms. The van der Waals surface area contributed by atoms with Gasteiger partial charge in [0.05, 0.1) is 7.11 Å². The van der Waals surface area contributed by atoms with E-state index in [0.29, 0.717) is 0 Å². The van der Waals surface area contributed by atoms with E-state index < -0.39 is 0 Å². The Balaban J connectivity index is 2.49.